The molecular formula is C23H19ClFNO4S. The van der Waals surface area contributed by atoms with Crippen LogP contribution >= 0.6 is 11.6 Å². The molecule has 1 aliphatic heterocycles. The molecule has 0 fully saturated rings. The number of rotatable bonds is 5. The third-order valence-corrected chi connectivity index (χ3v) is 7.46. The van der Waals surface area contributed by atoms with Gasteiger partial charge in [0.05, 0.1) is 21.2 Å². The fourth-order valence-corrected chi connectivity index (χ4v) is 5.65. The summed E-state index contributed by atoms with van der Waals surface area (Å²) >= 11 is 5.96. The van der Waals surface area contributed by atoms with Crippen LogP contribution in [0.1, 0.15) is 28.4 Å². The first-order chi connectivity index (χ1) is 14.8. The molecule has 0 N–H and O–H groups in total. The number of fused-ring (bicyclic) bond motifs is 1. The van der Waals surface area contributed by atoms with Crippen molar-refractivity contribution in [2.75, 3.05) is 4.31 Å². The second-order valence-electron chi connectivity index (χ2n) is 7.29. The third-order valence-electron chi connectivity index (χ3n) is 5.18. The third kappa shape index (κ3) is 4.03. The van der Waals surface area contributed by atoms with Crippen molar-refractivity contribution in [3.05, 3.63) is 94.3 Å². The molecule has 0 unspecified atom stereocenters. The topological polar surface area (TPSA) is 63.7 Å². The molecule has 3 aromatic rings. The molecule has 0 radical (unpaired) electrons. The number of hydrogen-bond acceptors (Lipinski definition) is 4. The monoisotopic (exact) mass is 459 g/mol. The molecule has 4 rings (SSSR count). The Hall–Kier alpha value is -2.90. The largest absolute Gasteiger partial charge is 0.457 e. The number of ether oxygens (including phenoxy) is 1. The van der Waals surface area contributed by atoms with Crippen LogP contribution in [-0.4, -0.2) is 20.4 Å². The highest BCUT2D eigenvalue weighted by atomic mass is 35.5. The molecule has 3 aromatic carbocycles. The maximum absolute atomic E-state index is 13.9. The summed E-state index contributed by atoms with van der Waals surface area (Å²) in [5.74, 6) is -1.36. The minimum Gasteiger partial charge on any atom is -0.457 e. The Morgan fingerprint density at radius 1 is 1.13 bits per heavy atom. The number of para-hydroxylation sites is 1. The smallest absolute Gasteiger partial charge is 0.338 e. The van der Waals surface area contributed by atoms with Crippen molar-refractivity contribution in [2.45, 2.75) is 30.9 Å². The van der Waals surface area contributed by atoms with Crippen molar-refractivity contribution in [1.82, 2.24) is 0 Å². The second kappa shape index (κ2) is 8.32. The normalized spacial score (nSPS) is 15.6. The molecule has 0 aromatic heterocycles. The predicted octanol–water partition coefficient (Wildman–Crippen LogP) is 4.98. The molecule has 0 aliphatic carbocycles. The second-order valence-corrected chi connectivity index (χ2v) is 9.51. The minimum absolute atomic E-state index is 0.0190. The van der Waals surface area contributed by atoms with Crippen molar-refractivity contribution in [3.8, 4) is 0 Å². The van der Waals surface area contributed by atoms with Gasteiger partial charge < -0.3 is 4.74 Å². The molecule has 0 spiro atoms. The van der Waals surface area contributed by atoms with Crippen LogP contribution in [-0.2, 0) is 27.8 Å². The summed E-state index contributed by atoms with van der Waals surface area (Å²) in [5, 5.41) is 0.144. The first kappa shape index (κ1) is 21.3. The Morgan fingerprint density at radius 3 is 2.65 bits per heavy atom. The van der Waals surface area contributed by atoms with E-state index in [0.29, 0.717) is 12.1 Å². The highest BCUT2D eigenvalue weighted by Gasteiger charge is 2.36. The lowest BCUT2D eigenvalue weighted by Gasteiger charge is -2.24. The predicted molar refractivity (Wildman–Crippen MR) is 116 cm³/mol. The van der Waals surface area contributed by atoms with E-state index in [-0.39, 0.29) is 33.7 Å². The van der Waals surface area contributed by atoms with Gasteiger partial charge in [0.2, 0.25) is 0 Å². The molecule has 1 atom stereocenters. The van der Waals surface area contributed by atoms with Crippen LogP contribution in [0.5, 0.6) is 0 Å². The highest BCUT2D eigenvalue weighted by Crippen LogP contribution is 2.36. The van der Waals surface area contributed by atoms with Gasteiger partial charge in [-0.05, 0) is 55.3 Å². The highest BCUT2D eigenvalue weighted by molar-refractivity contribution is 7.92. The van der Waals surface area contributed by atoms with E-state index in [9.17, 15) is 17.6 Å². The van der Waals surface area contributed by atoms with Gasteiger partial charge >= 0.3 is 5.97 Å². The van der Waals surface area contributed by atoms with Crippen molar-refractivity contribution < 1.29 is 22.3 Å². The number of anilines is 1. The average molecular weight is 460 g/mol. The van der Waals surface area contributed by atoms with Crippen LogP contribution in [0.15, 0.2) is 71.6 Å². The SMILES string of the molecule is C[C@H]1Cc2ccccc2N1S(=O)(=O)c1cccc(C(=O)OCc2c(F)cccc2Cl)c1. The molecule has 0 bridgehead atoms. The van der Waals surface area contributed by atoms with E-state index in [0.717, 1.165) is 5.56 Å². The van der Waals surface area contributed by atoms with Gasteiger partial charge in [0.25, 0.3) is 10.0 Å². The van der Waals surface area contributed by atoms with Crippen LogP contribution in [0.3, 0.4) is 0 Å². The Morgan fingerprint density at radius 2 is 1.87 bits per heavy atom. The van der Waals surface area contributed by atoms with Crippen molar-refractivity contribution in [2.24, 2.45) is 0 Å². The standard InChI is InChI=1S/C23H19ClFNO4S/c1-15-12-16-6-2-3-11-22(16)26(15)31(28,29)18-8-4-7-17(13-18)23(27)30-14-19-20(24)9-5-10-21(19)25/h2-11,13,15H,12,14H2,1H3/t15-/m0/s1. The molecule has 1 aliphatic rings. The molecule has 5 nitrogen and oxygen atoms in total. The quantitative estimate of drug-likeness (QED) is 0.505. The van der Waals surface area contributed by atoms with Crippen LogP contribution in [0.2, 0.25) is 5.02 Å². The van der Waals surface area contributed by atoms with Gasteiger partial charge in [-0.25, -0.2) is 17.6 Å². The zero-order valence-electron chi connectivity index (χ0n) is 16.6. The fourth-order valence-electron chi connectivity index (χ4n) is 3.69. The number of halogens is 2. The van der Waals surface area contributed by atoms with Gasteiger partial charge in [0.15, 0.2) is 0 Å². The van der Waals surface area contributed by atoms with Gasteiger partial charge in [-0.3, -0.25) is 4.31 Å². The molecule has 160 valence electrons. The number of carbonyl (C=O) groups is 1. The van der Waals surface area contributed by atoms with Gasteiger partial charge in [-0.1, -0.05) is 41.9 Å². The lowest BCUT2D eigenvalue weighted by atomic mass is 10.1. The van der Waals surface area contributed by atoms with Crippen molar-refractivity contribution >= 4 is 33.3 Å². The molecular weight excluding hydrogens is 441 g/mol. The molecule has 0 saturated carbocycles. The van der Waals surface area contributed by atoms with Gasteiger partial charge in [-0.15, -0.1) is 0 Å². The van der Waals surface area contributed by atoms with E-state index in [1.54, 1.807) is 12.1 Å². The fraction of sp³-hybridized carbons (Fsp3) is 0.174. The minimum atomic E-state index is -3.89. The van der Waals surface area contributed by atoms with Crippen LogP contribution in [0, 0.1) is 5.82 Å². The van der Waals surface area contributed by atoms with Crippen molar-refractivity contribution in [3.63, 3.8) is 0 Å². The van der Waals surface area contributed by atoms with Gasteiger partial charge in [-0.2, -0.15) is 0 Å². The van der Waals surface area contributed by atoms with E-state index < -0.39 is 21.8 Å². The molecule has 8 heteroatoms. The lowest BCUT2D eigenvalue weighted by molar-refractivity contribution is 0.0469. The van der Waals surface area contributed by atoms with E-state index in [2.05, 4.69) is 0 Å². The van der Waals surface area contributed by atoms with Crippen LogP contribution in [0.4, 0.5) is 10.1 Å². The Labute approximate surface area is 185 Å². The molecule has 0 amide bonds. The summed E-state index contributed by atoms with van der Waals surface area (Å²) in [5.41, 5.74) is 1.70. The first-order valence-corrected chi connectivity index (χ1v) is 11.4. The number of benzene rings is 3. The summed E-state index contributed by atoms with van der Waals surface area (Å²) in [6.45, 7) is 1.48. The molecule has 31 heavy (non-hydrogen) atoms. The van der Waals surface area contributed by atoms with Gasteiger partial charge in [0.1, 0.15) is 12.4 Å². The summed E-state index contributed by atoms with van der Waals surface area (Å²) in [4.78, 5) is 12.5. The summed E-state index contributed by atoms with van der Waals surface area (Å²) in [6, 6.07) is 16.9. The summed E-state index contributed by atoms with van der Waals surface area (Å²) < 4.78 is 47.2. The number of carbonyl (C=O) groups excluding carboxylic acids is 1. The molecule has 1 heterocycles. The Balaban J connectivity index is 1.59. The first-order valence-electron chi connectivity index (χ1n) is 9.61. The van der Waals surface area contributed by atoms with Crippen LogP contribution in [0.25, 0.3) is 0 Å². The van der Waals surface area contributed by atoms with Crippen molar-refractivity contribution in [1.29, 1.82) is 0 Å². The maximum atomic E-state index is 13.9. The average Bonchev–Trinajstić information content (AvgIpc) is 3.09. The summed E-state index contributed by atoms with van der Waals surface area (Å²) in [6.07, 6.45) is 0.612. The zero-order valence-corrected chi connectivity index (χ0v) is 18.2. The number of esters is 1. The molecule has 0 saturated heterocycles. The Bertz CT molecular complexity index is 1240. The Kier molecular flexibility index (Phi) is 5.73. The van der Waals surface area contributed by atoms with E-state index >= 15 is 0 Å². The lowest BCUT2D eigenvalue weighted by Crippen LogP contribution is -2.35. The number of sulfonamides is 1. The maximum Gasteiger partial charge on any atom is 0.338 e. The zero-order chi connectivity index (χ0) is 22.2. The van der Waals surface area contributed by atoms with E-state index in [1.165, 1.54) is 46.8 Å². The van der Waals surface area contributed by atoms with E-state index in [1.807, 2.05) is 19.1 Å². The van der Waals surface area contributed by atoms with Gasteiger partial charge in [0, 0.05) is 11.6 Å². The van der Waals surface area contributed by atoms with E-state index in [4.69, 9.17) is 16.3 Å². The number of nitrogens with zero attached hydrogens (tertiary/aromatic N) is 1. The summed E-state index contributed by atoms with van der Waals surface area (Å²) in [7, 11) is -3.89. The van der Waals surface area contributed by atoms with Crippen LogP contribution < -0.4 is 4.31 Å². The number of hydrogen-bond donors (Lipinski definition) is 0.